The van der Waals surface area contributed by atoms with E-state index in [1.54, 1.807) is 12.1 Å². The van der Waals surface area contributed by atoms with Crippen LogP contribution in [0.3, 0.4) is 0 Å². The average Bonchev–Trinajstić information content (AvgIpc) is 2.70. The van der Waals surface area contributed by atoms with Crippen LogP contribution < -0.4 is 14.8 Å². The number of carbonyl (C=O) groups is 1. The summed E-state index contributed by atoms with van der Waals surface area (Å²) in [6.07, 6.45) is 0.976. The minimum absolute atomic E-state index is 0.0140. The van der Waals surface area contributed by atoms with Gasteiger partial charge in [-0.25, -0.2) is 8.42 Å². The van der Waals surface area contributed by atoms with Crippen molar-refractivity contribution in [2.75, 3.05) is 22.9 Å². The normalized spacial score (nSPS) is 11.0. The Morgan fingerprint density at radius 3 is 2.40 bits per heavy atom. The van der Waals surface area contributed by atoms with Gasteiger partial charge in [0.1, 0.15) is 11.5 Å². The lowest BCUT2D eigenvalue weighted by molar-refractivity contribution is 0.102. The zero-order valence-corrected chi connectivity index (χ0v) is 17.4. The third-order valence-corrected chi connectivity index (χ3v) is 4.77. The molecule has 0 saturated carbocycles. The van der Waals surface area contributed by atoms with Crippen molar-refractivity contribution in [1.29, 1.82) is 0 Å². The predicted octanol–water partition coefficient (Wildman–Crippen LogP) is 4.08. The Labute approximate surface area is 175 Å². The molecule has 0 fully saturated rings. The van der Waals surface area contributed by atoms with Gasteiger partial charge in [0.05, 0.1) is 18.6 Å². The number of phenolic OH excluding ortho intramolecular Hbond substituents is 1. The van der Waals surface area contributed by atoms with Gasteiger partial charge in [-0.1, -0.05) is 24.3 Å². The Kier molecular flexibility index (Phi) is 6.27. The van der Waals surface area contributed by atoms with Crippen LogP contribution >= 0.6 is 0 Å². The molecule has 0 heterocycles. The summed E-state index contributed by atoms with van der Waals surface area (Å²) in [5, 5.41) is 12.5. The first-order valence-electron chi connectivity index (χ1n) is 9.20. The van der Waals surface area contributed by atoms with Crippen LogP contribution in [0.25, 0.3) is 11.1 Å². The van der Waals surface area contributed by atoms with E-state index in [0.717, 1.165) is 23.1 Å². The molecule has 0 unspecified atom stereocenters. The first-order chi connectivity index (χ1) is 14.2. The van der Waals surface area contributed by atoms with Crippen molar-refractivity contribution in [1.82, 2.24) is 0 Å². The number of amides is 1. The maximum Gasteiger partial charge on any atom is 0.255 e. The van der Waals surface area contributed by atoms with E-state index in [0.29, 0.717) is 17.9 Å². The van der Waals surface area contributed by atoms with Crippen LogP contribution in [-0.4, -0.2) is 32.3 Å². The molecule has 3 N–H and O–H groups in total. The molecular formula is C22H22N2O5S. The van der Waals surface area contributed by atoms with Gasteiger partial charge in [0.15, 0.2) is 0 Å². The zero-order valence-electron chi connectivity index (χ0n) is 16.5. The van der Waals surface area contributed by atoms with E-state index in [2.05, 4.69) is 10.0 Å². The summed E-state index contributed by atoms with van der Waals surface area (Å²) in [7, 11) is -3.57. The molecular weight excluding hydrogens is 404 g/mol. The minimum atomic E-state index is -3.57. The number of carbonyl (C=O) groups excluding carboxylic acids is 1. The van der Waals surface area contributed by atoms with Gasteiger partial charge in [0.25, 0.3) is 5.91 Å². The molecule has 0 saturated heterocycles. The molecule has 3 aromatic rings. The highest BCUT2D eigenvalue weighted by atomic mass is 32.2. The van der Waals surface area contributed by atoms with Gasteiger partial charge >= 0.3 is 0 Å². The molecule has 0 aromatic heterocycles. The number of hydrogen-bond donors (Lipinski definition) is 3. The molecule has 0 aliphatic rings. The fourth-order valence-electron chi connectivity index (χ4n) is 2.84. The maximum atomic E-state index is 12.6. The van der Waals surface area contributed by atoms with Gasteiger partial charge < -0.3 is 15.2 Å². The summed E-state index contributed by atoms with van der Waals surface area (Å²) in [6, 6.07) is 18.9. The lowest BCUT2D eigenvalue weighted by atomic mass is 10.0. The standard InChI is InChI=1S/C22H22N2O5S/c1-3-29-19-6-4-5-17(13-19)15-7-9-16(10-8-15)22(26)23-18-11-12-21(25)20(14-18)24-30(2,27)28/h4-14,24-25H,3H2,1-2H3,(H,23,26). The first-order valence-corrected chi connectivity index (χ1v) is 11.1. The van der Waals surface area contributed by atoms with Crippen molar-refractivity contribution in [3.05, 3.63) is 72.3 Å². The predicted molar refractivity (Wildman–Crippen MR) is 118 cm³/mol. The van der Waals surface area contributed by atoms with Crippen LogP contribution in [-0.2, 0) is 10.0 Å². The van der Waals surface area contributed by atoms with Crippen molar-refractivity contribution in [2.45, 2.75) is 6.92 Å². The van der Waals surface area contributed by atoms with Gasteiger partial charge in [-0.05, 0) is 60.5 Å². The third kappa shape index (κ3) is 5.51. The van der Waals surface area contributed by atoms with E-state index in [-0.39, 0.29) is 17.3 Å². The Balaban J connectivity index is 1.75. The zero-order chi connectivity index (χ0) is 21.7. The summed E-state index contributed by atoms with van der Waals surface area (Å²) in [6.45, 7) is 2.51. The van der Waals surface area contributed by atoms with E-state index in [1.807, 2.05) is 43.3 Å². The van der Waals surface area contributed by atoms with E-state index in [4.69, 9.17) is 4.74 Å². The second-order valence-corrected chi connectivity index (χ2v) is 8.35. The largest absolute Gasteiger partial charge is 0.506 e. The molecule has 0 aliphatic carbocycles. The fourth-order valence-corrected chi connectivity index (χ4v) is 3.41. The molecule has 30 heavy (non-hydrogen) atoms. The van der Waals surface area contributed by atoms with Crippen LogP contribution in [0.15, 0.2) is 66.7 Å². The Morgan fingerprint density at radius 1 is 1.00 bits per heavy atom. The SMILES string of the molecule is CCOc1cccc(-c2ccc(C(=O)Nc3ccc(O)c(NS(C)(=O)=O)c3)cc2)c1. The monoisotopic (exact) mass is 426 g/mol. The number of nitrogens with one attached hydrogen (secondary N) is 2. The quantitative estimate of drug-likeness (QED) is 0.390. The molecule has 156 valence electrons. The second-order valence-electron chi connectivity index (χ2n) is 6.60. The number of aromatic hydroxyl groups is 1. The number of anilines is 2. The molecule has 0 bridgehead atoms. The van der Waals surface area contributed by atoms with E-state index >= 15 is 0 Å². The topological polar surface area (TPSA) is 105 Å². The van der Waals surface area contributed by atoms with Crippen molar-refractivity contribution in [3.63, 3.8) is 0 Å². The number of phenols is 1. The van der Waals surface area contributed by atoms with Crippen LogP contribution in [0, 0.1) is 0 Å². The number of hydrogen-bond acceptors (Lipinski definition) is 5. The summed E-state index contributed by atoms with van der Waals surface area (Å²) in [4.78, 5) is 12.6. The molecule has 7 nitrogen and oxygen atoms in total. The second kappa shape index (κ2) is 8.87. The van der Waals surface area contributed by atoms with Crippen LogP contribution in [0.1, 0.15) is 17.3 Å². The summed E-state index contributed by atoms with van der Waals surface area (Å²) in [5.41, 5.74) is 2.68. The molecule has 0 radical (unpaired) electrons. The number of ether oxygens (including phenoxy) is 1. The summed E-state index contributed by atoms with van der Waals surface area (Å²) in [5.74, 6) is 0.181. The summed E-state index contributed by atoms with van der Waals surface area (Å²) < 4.78 is 30.5. The van der Waals surface area contributed by atoms with E-state index in [1.165, 1.54) is 18.2 Å². The smallest absolute Gasteiger partial charge is 0.255 e. The Bertz CT molecular complexity index is 1160. The van der Waals surface area contributed by atoms with Gasteiger partial charge in [-0.3, -0.25) is 9.52 Å². The number of sulfonamides is 1. The van der Waals surface area contributed by atoms with Crippen LogP contribution in [0.5, 0.6) is 11.5 Å². The number of rotatable bonds is 7. The van der Waals surface area contributed by atoms with Crippen molar-refractivity contribution in [2.24, 2.45) is 0 Å². The molecule has 3 aromatic carbocycles. The van der Waals surface area contributed by atoms with Crippen molar-refractivity contribution < 1.29 is 23.1 Å². The van der Waals surface area contributed by atoms with Crippen LogP contribution in [0.2, 0.25) is 0 Å². The highest BCUT2D eigenvalue weighted by molar-refractivity contribution is 7.92. The lowest BCUT2D eigenvalue weighted by Gasteiger charge is -2.11. The molecule has 1 amide bonds. The first kappa shape index (κ1) is 21.2. The van der Waals surface area contributed by atoms with E-state index in [9.17, 15) is 18.3 Å². The fraction of sp³-hybridized carbons (Fsp3) is 0.136. The average molecular weight is 426 g/mol. The molecule has 0 atom stereocenters. The maximum absolute atomic E-state index is 12.6. The third-order valence-electron chi connectivity index (χ3n) is 4.18. The molecule has 3 rings (SSSR count). The van der Waals surface area contributed by atoms with Gasteiger partial charge in [-0.2, -0.15) is 0 Å². The van der Waals surface area contributed by atoms with Crippen molar-refractivity contribution in [3.8, 4) is 22.6 Å². The molecule has 0 spiro atoms. The Morgan fingerprint density at radius 2 is 1.73 bits per heavy atom. The lowest BCUT2D eigenvalue weighted by Crippen LogP contribution is -2.13. The highest BCUT2D eigenvalue weighted by Gasteiger charge is 2.11. The summed E-state index contributed by atoms with van der Waals surface area (Å²) >= 11 is 0. The van der Waals surface area contributed by atoms with E-state index < -0.39 is 10.0 Å². The van der Waals surface area contributed by atoms with Gasteiger partial charge in [0, 0.05) is 11.3 Å². The molecule has 8 heteroatoms. The van der Waals surface area contributed by atoms with Gasteiger partial charge in [-0.15, -0.1) is 0 Å². The Hall–Kier alpha value is -3.52. The van der Waals surface area contributed by atoms with Gasteiger partial charge in [0.2, 0.25) is 10.0 Å². The highest BCUT2D eigenvalue weighted by Crippen LogP contribution is 2.28. The number of benzene rings is 3. The van der Waals surface area contributed by atoms with Crippen molar-refractivity contribution >= 4 is 27.3 Å². The minimum Gasteiger partial charge on any atom is -0.506 e. The van der Waals surface area contributed by atoms with Crippen LogP contribution in [0.4, 0.5) is 11.4 Å². The molecule has 0 aliphatic heterocycles.